The van der Waals surface area contributed by atoms with Crippen LogP contribution in [0.2, 0.25) is 0 Å². The van der Waals surface area contributed by atoms with Gasteiger partial charge in [-0.3, -0.25) is 8.42 Å². The van der Waals surface area contributed by atoms with E-state index < -0.39 is 23.4 Å². The van der Waals surface area contributed by atoms with Crippen molar-refractivity contribution in [3.05, 3.63) is 0 Å². The fourth-order valence-corrected chi connectivity index (χ4v) is 0. The van der Waals surface area contributed by atoms with Crippen LogP contribution in [-0.4, -0.2) is 17.5 Å². The van der Waals surface area contributed by atoms with Gasteiger partial charge >= 0.3 is 51.0 Å². The monoisotopic (exact) mass is 340 g/mol. The molecule has 0 bridgehead atoms. The van der Waals surface area contributed by atoms with Crippen LogP contribution in [0.15, 0.2) is 0 Å². The Kier molecular flexibility index (Phi) is 15.4. The van der Waals surface area contributed by atoms with E-state index in [1.807, 2.05) is 0 Å². The zero-order valence-electron chi connectivity index (χ0n) is 5.35. The molecule has 9 nitrogen and oxygen atoms in total. The maximum atomic E-state index is 8.58. The fraction of sp³-hybridized carbons (Fsp3) is 0. The Morgan fingerprint density at radius 3 is 1.00 bits per heavy atom. The van der Waals surface area contributed by atoms with Gasteiger partial charge in [-0.15, -0.1) is 0 Å². The molecule has 0 aliphatic carbocycles. The van der Waals surface area contributed by atoms with Gasteiger partial charge in [-0.25, -0.2) is 0 Å². The molecule has 0 aliphatic heterocycles. The van der Waals surface area contributed by atoms with E-state index in [1.54, 1.807) is 0 Å². The second-order valence-electron chi connectivity index (χ2n) is 0.786. The van der Waals surface area contributed by atoms with Crippen molar-refractivity contribution in [1.82, 2.24) is 6.15 Å². The molecule has 0 aliphatic rings. The molecule has 0 atom stereocenters. The second-order valence-corrected chi connectivity index (χ2v) is 2.78. The summed E-state index contributed by atoms with van der Waals surface area (Å²) in [6.45, 7) is 0. The number of quaternary nitrogens is 1. The van der Waals surface area contributed by atoms with Crippen LogP contribution in [0.25, 0.3) is 0 Å². The first-order valence-electron chi connectivity index (χ1n) is 1.28. The van der Waals surface area contributed by atoms with E-state index >= 15 is 0 Å². The third-order valence-electron chi connectivity index (χ3n) is 0. The normalized spacial score (nSPS) is 9.58. The molecule has 0 aromatic rings. The molecule has 0 amide bonds. The molecule has 12 heavy (non-hydrogen) atoms. The standard InChI is InChI=1S/Ag.Mn.H3N.H2O4S.4O/c;;;1-5(2,3)4;;;;/h;;1H3;(H2,1,2,3,4);;;;/q+2;;;;;;;-1/p-1. The molecule has 0 heterocycles. The van der Waals surface area contributed by atoms with Crippen LogP contribution in [0.3, 0.4) is 0 Å². The number of hydrogen-bond acceptors (Lipinski definition) is 8. The zero-order chi connectivity index (χ0) is 9.00. The van der Waals surface area contributed by atoms with Crippen LogP contribution in [0, 0.1) is 0 Å². The molecule has 4 N–H and O–H groups in total. The van der Waals surface area contributed by atoms with E-state index in [-0.39, 0.29) is 28.5 Å². The summed E-state index contributed by atoms with van der Waals surface area (Å²) < 4.78 is 68.4. The van der Waals surface area contributed by atoms with Gasteiger partial charge in [-0.1, -0.05) is 0 Å². The Bertz CT molecular complexity index is 294. The Labute approximate surface area is 85.0 Å². The van der Waals surface area contributed by atoms with Crippen molar-refractivity contribution in [2.45, 2.75) is 0 Å². The molecule has 0 aromatic heterocycles. The topological polar surface area (TPSA) is 191 Å². The van der Waals surface area contributed by atoms with Gasteiger partial charge in [0.05, 0.1) is 0 Å². The van der Waals surface area contributed by atoms with Gasteiger partial charge in [0, 0.05) is 10.4 Å². The predicted molar refractivity (Wildman–Crippen MR) is 18.5 cm³/mol. The second kappa shape index (κ2) is 8.07. The Hall–Kier alpha value is 0.450. The molecule has 0 unspecified atom stereocenters. The van der Waals surface area contributed by atoms with Crippen molar-refractivity contribution in [1.29, 1.82) is 0 Å². The number of rotatable bonds is 0. The molecular formula is H4AgMnNO8S. The molecule has 0 fully saturated rings. The van der Waals surface area contributed by atoms with Crippen LogP contribution in [0.1, 0.15) is 0 Å². The van der Waals surface area contributed by atoms with Crippen LogP contribution < -0.4 is 10.3 Å². The van der Waals surface area contributed by atoms with E-state index in [0.29, 0.717) is 0 Å². The van der Waals surface area contributed by atoms with Crippen molar-refractivity contribution in [3.63, 3.8) is 0 Å². The molecule has 1 radical (unpaired) electrons. The first-order valence-corrected chi connectivity index (χ1v) is 4.54. The van der Waals surface area contributed by atoms with E-state index in [1.165, 1.54) is 0 Å². The minimum absolute atomic E-state index is 0. The van der Waals surface area contributed by atoms with Gasteiger partial charge in [-0.05, 0) is 0 Å². The van der Waals surface area contributed by atoms with E-state index in [2.05, 4.69) is 0 Å². The Morgan fingerprint density at radius 2 is 1.00 bits per heavy atom. The quantitative estimate of drug-likeness (QED) is 0.283. The summed E-state index contributed by atoms with van der Waals surface area (Å²) in [5, 5.41) is 0. The Balaban J connectivity index is -0.0000000457. The molecule has 12 heteroatoms. The van der Waals surface area contributed by atoms with Gasteiger partial charge in [0.15, 0.2) is 0 Å². The van der Waals surface area contributed by atoms with Crippen LogP contribution in [-0.2, 0) is 57.3 Å². The van der Waals surface area contributed by atoms with Crippen LogP contribution in [0.5, 0.6) is 0 Å². The minimum atomic E-state index is -5.62. The van der Waals surface area contributed by atoms with Crippen LogP contribution in [0.4, 0.5) is 0 Å². The van der Waals surface area contributed by atoms with Crippen molar-refractivity contribution < 1.29 is 68.6 Å². The summed E-state index contributed by atoms with van der Waals surface area (Å²) in [5.74, 6) is 0. The van der Waals surface area contributed by atoms with E-state index in [0.717, 1.165) is 0 Å². The summed E-state index contributed by atoms with van der Waals surface area (Å²) in [6, 6.07) is 0. The first kappa shape index (κ1) is 22.9. The van der Waals surface area contributed by atoms with Crippen LogP contribution >= 0.6 is 0 Å². The van der Waals surface area contributed by atoms with E-state index in [9.17, 15) is 0 Å². The van der Waals surface area contributed by atoms with E-state index in [4.69, 9.17) is 33.2 Å². The third-order valence-corrected chi connectivity index (χ3v) is 0. The van der Waals surface area contributed by atoms with Crippen molar-refractivity contribution in [2.75, 3.05) is 0 Å². The van der Waals surface area contributed by atoms with Crippen molar-refractivity contribution in [2.24, 2.45) is 0 Å². The fourth-order valence-electron chi connectivity index (χ4n) is 0. The molecule has 0 saturated heterocycles. The molecule has 0 saturated carbocycles. The van der Waals surface area contributed by atoms with Gasteiger partial charge in [0.25, 0.3) is 0 Å². The number of hydrogen-bond donors (Lipinski definition) is 1. The van der Waals surface area contributed by atoms with Gasteiger partial charge < -0.3 is 15.3 Å². The average molecular weight is 341 g/mol. The predicted octanol–water partition coefficient (Wildman–Crippen LogP) is -2.51. The SMILES string of the molecule is O=S(=O)([O-])[O-].[Ag+2].[NH4+].[O]=[Mn](=[O])(=[O])[O-]. The average Bonchev–Trinajstić information content (AvgIpc) is 1.12. The third kappa shape index (κ3) is 4610. The first-order chi connectivity index (χ1) is 4.00. The zero-order valence-corrected chi connectivity index (χ0v) is 8.83. The molecule has 0 rings (SSSR count). The maximum absolute atomic E-state index is 8.58. The van der Waals surface area contributed by atoms with Gasteiger partial charge in [0.1, 0.15) is 0 Å². The van der Waals surface area contributed by atoms with Crippen molar-refractivity contribution in [3.8, 4) is 0 Å². The molecule has 0 aromatic carbocycles. The summed E-state index contributed by atoms with van der Waals surface area (Å²) >= 11 is -5.62. The van der Waals surface area contributed by atoms with Gasteiger partial charge in [0.2, 0.25) is 0 Å². The molecule has 81 valence electrons. The summed E-state index contributed by atoms with van der Waals surface area (Å²) in [5.41, 5.74) is 0. The molecular weight excluding hydrogens is 337 g/mol. The Morgan fingerprint density at radius 1 is 1.00 bits per heavy atom. The molecule has 0 spiro atoms. The summed E-state index contributed by atoms with van der Waals surface area (Å²) in [4.78, 5) is 0. The van der Waals surface area contributed by atoms with Gasteiger partial charge in [-0.2, -0.15) is 0 Å². The summed E-state index contributed by atoms with van der Waals surface area (Å²) in [6.07, 6.45) is 0. The summed E-state index contributed by atoms with van der Waals surface area (Å²) in [7, 11) is -5.17. The van der Waals surface area contributed by atoms with Crippen molar-refractivity contribution >= 4 is 10.4 Å².